The van der Waals surface area contributed by atoms with Gasteiger partial charge in [-0.25, -0.2) is 0 Å². The molecule has 0 N–H and O–H groups in total. The molecule has 22 heavy (non-hydrogen) atoms. The first-order chi connectivity index (χ1) is 10.6. The Morgan fingerprint density at radius 3 is 2.77 bits per heavy atom. The van der Waals surface area contributed by atoms with Gasteiger partial charge in [-0.2, -0.15) is 0 Å². The minimum Gasteiger partial charge on any atom is -0.495 e. The fourth-order valence-electron chi connectivity index (χ4n) is 2.02. The number of benzene rings is 1. The monoisotopic (exact) mass is 443 g/mol. The van der Waals surface area contributed by atoms with Gasteiger partial charge in [0.15, 0.2) is 8.09 Å². The number of thiocarbonyl (C=S) groups is 1. The van der Waals surface area contributed by atoms with Crippen LogP contribution in [0.1, 0.15) is 5.76 Å². The van der Waals surface area contributed by atoms with Crippen molar-refractivity contribution in [3.63, 3.8) is 0 Å². The fourth-order valence-corrected chi connectivity index (χ4v) is 3.72. The third kappa shape index (κ3) is 2.92. The molecule has 1 aliphatic heterocycles. The van der Waals surface area contributed by atoms with E-state index in [1.807, 2.05) is 30.3 Å². The number of thioether (sulfide) groups is 1. The number of hydrogen-bond donors (Lipinski definition) is 0. The Kier molecular flexibility index (Phi) is 4.55. The highest BCUT2D eigenvalue weighted by molar-refractivity contribution is 14.1. The average Bonchev–Trinajstić information content (AvgIpc) is 3.03. The van der Waals surface area contributed by atoms with E-state index in [9.17, 15) is 4.79 Å². The van der Waals surface area contributed by atoms with Crippen LogP contribution in [-0.2, 0) is 4.79 Å². The molecule has 3 rings (SSSR count). The molecule has 2 heterocycles. The van der Waals surface area contributed by atoms with Crippen molar-refractivity contribution in [3.05, 3.63) is 50.8 Å². The number of methoxy groups -OCH3 is 1. The Morgan fingerprint density at radius 2 is 2.09 bits per heavy atom. The second-order valence-electron chi connectivity index (χ2n) is 4.33. The molecule has 0 spiro atoms. The summed E-state index contributed by atoms with van der Waals surface area (Å²) in [5.74, 6) is 1.06. The molecule has 7 heteroatoms. The van der Waals surface area contributed by atoms with E-state index in [1.54, 1.807) is 19.3 Å². The summed E-state index contributed by atoms with van der Waals surface area (Å²) >= 11 is 8.67. The molecular formula is C15H10INO3S2. The van der Waals surface area contributed by atoms with Crippen molar-refractivity contribution >= 4 is 68.6 Å². The van der Waals surface area contributed by atoms with Crippen LogP contribution < -0.4 is 9.64 Å². The molecule has 1 aliphatic rings. The Balaban J connectivity index is 1.97. The minimum atomic E-state index is -0.175. The zero-order valence-electron chi connectivity index (χ0n) is 11.4. The standard InChI is InChI=1S/C15H10INO3S2/c1-19-11-5-3-2-4-10(11)17-14(18)12(22-15(17)21)8-9-6-7-13(16)20-9/h2-8H,1H3/b12-8-. The number of furan rings is 1. The van der Waals surface area contributed by atoms with E-state index in [2.05, 4.69) is 22.6 Å². The van der Waals surface area contributed by atoms with Crippen LogP contribution in [0.4, 0.5) is 5.69 Å². The van der Waals surface area contributed by atoms with E-state index in [0.29, 0.717) is 26.4 Å². The lowest BCUT2D eigenvalue weighted by Gasteiger charge is -2.17. The first-order valence-corrected chi connectivity index (χ1v) is 8.57. The molecule has 2 aromatic rings. The van der Waals surface area contributed by atoms with Crippen molar-refractivity contribution in [2.75, 3.05) is 12.0 Å². The Morgan fingerprint density at radius 1 is 1.32 bits per heavy atom. The Bertz CT molecular complexity index is 785. The first kappa shape index (κ1) is 15.6. The van der Waals surface area contributed by atoms with Crippen LogP contribution in [0.5, 0.6) is 5.75 Å². The molecule has 0 saturated carbocycles. The van der Waals surface area contributed by atoms with Crippen molar-refractivity contribution in [3.8, 4) is 5.75 Å². The van der Waals surface area contributed by atoms with E-state index < -0.39 is 0 Å². The number of anilines is 1. The van der Waals surface area contributed by atoms with E-state index in [1.165, 1.54) is 16.7 Å². The first-order valence-electron chi connectivity index (χ1n) is 6.26. The number of ether oxygens (including phenoxy) is 1. The van der Waals surface area contributed by atoms with Crippen molar-refractivity contribution in [1.29, 1.82) is 0 Å². The quantitative estimate of drug-likeness (QED) is 0.402. The average molecular weight is 443 g/mol. The van der Waals surface area contributed by atoms with E-state index >= 15 is 0 Å². The topological polar surface area (TPSA) is 42.7 Å². The molecule has 0 unspecified atom stereocenters. The zero-order chi connectivity index (χ0) is 15.7. The molecule has 0 radical (unpaired) electrons. The summed E-state index contributed by atoms with van der Waals surface area (Å²) in [5, 5.41) is 0. The number of para-hydroxylation sites is 2. The number of hydrogen-bond acceptors (Lipinski definition) is 5. The van der Waals surface area contributed by atoms with Crippen molar-refractivity contribution in [2.24, 2.45) is 0 Å². The summed E-state index contributed by atoms with van der Waals surface area (Å²) in [7, 11) is 1.57. The number of carbonyl (C=O) groups excluding carboxylic acids is 1. The fraction of sp³-hybridized carbons (Fsp3) is 0.0667. The number of rotatable bonds is 3. The maximum atomic E-state index is 12.6. The predicted molar refractivity (Wildman–Crippen MR) is 100 cm³/mol. The normalized spacial score (nSPS) is 16.6. The van der Waals surface area contributed by atoms with Gasteiger partial charge in [0.1, 0.15) is 11.5 Å². The van der Waals surface area contributed by atoms with Crippen LogP contribution in [0.15, 0.2) is 45.7 Å². The van der Waals surface area contributed by atoms with Gasteiger partial charge in [-0.05, 0) is 46.9 Å². The third-order valence-corrected chi connectivity index (χ3v) is 4.87. The van der Waals surface area contributed by atoms with Gasteiger partial charge in [0.25, 0.3) is 5.91 Å². The highest BCUT2D eigenvalue weighted by atomic mass is 127. The maximum Gasteiger partial charge on any atom is 0.271 e. The summed E-state index contributed by atoms with van der Waals surface area (Å²) < 4.78 is 12.0. The van der Waals surface area contributed by atoms with Gasteiger partial charge >= 0.3 is 0 Å². The number of halogens is 1. The Labute approximate surface area is 150 Å². The van der Waals surface area contributed by atoms with Crippen LogP contribution in [0.25, 0.3) is 6.08 Å². The van der Waals surface area contributed by atoms with Gasteiger partial charge in [-0.1, -0.05) is 36.1 Å². The number of nitrogens with zero attached hydrogens (tertiary/aromatic N) is 1. The van der Waals surface area contributed by atoms with E-state index in [-0.39, 0.29) is 5.91 Å². The largest absolute Gasteiger partial charge is 0.495 e. The highest BCUT2D eigenvalue weighted by Crippen LogP contribution is 2.39. The number of amides is 1. The molecule has 1 aromatic carbocycles. The number of carbonyl (C=O) groups is 1. The van der Waals surface area contributed by atoms with Crippen LogP contribution in [0.2, 0.25) is 0 Å². The molecule has 0 bridgehead atoms. The van der Waals surface area contributed by atoms with Crippen molar-refractivity contribution in [1.82, 2.24) is 0 Å². The maximum absolute atomic E-state index is 12.6. The second-order valence-corrected chi connectivity index (χ2v) is 7.07. The lowest BCUT2D eigenvalue weighted by Crippen LogP contribution is -2.27. The summed E-state index contributed by atoms with van der Waals surface area (Å²) in [5.41, 5.74) is 0.643. The van der Waals surface area contributed by atoms with Gasteiger partial charge in [0, 0.05) is 6.08 Å². The van der Waals surface area contributed by atoms with Crippen LogP contribution >= 0.6 is 46.6 Å². The zero-order valence-corrected chi connectivity index (χ0v) is 15.2. The molecule has 1 amide bonds. The van der Waals surface area contributed by atoms with Gasteiger partial charge in [-0.3, -0.25) is 9.69 Å². The molecule has 0 aliphatic carbocycles. The van der Waals surface area contributed by atoms with Crippen molar-refractivity contribution in [2.45, 2.75) is 0 Å². The van der Waals surface area contributed by atoms with Crippen LogP contribution in [0, 0.1) is 3.77 Å². The van der Waals surface area contributed by atoms with Crippen LogP contribution in [-0.4, -0.2) is 17.3 Å². The van der Waals surface area contributed by atoms with Crippen LogP contribution in [0.3, 0.4) is 0 Å². The molecule has 1 aromatic heterocycles. The molecule has 112 valence electrons. The lowest BCUT2D eigenvalue weighted by atomic mass is 10.2. The predicted octanol–water partition coefficient (Wildman–Crippen LogP) is 4.30. The second kappa shape index (κ2) is 6.43. The summed E-state index contributed by atoms with van der Waals surface area (Å²) in [4.78, 5) is 14.7. The molecule has 0 atom stereocenters. The SMILES string of the molecule is COc1ccccc1N1C(=O)/C(=C/c2ccc(I)o2)SC1=S. The molecule has 4 nitrogen and oxygen atoms in total. The molecular weight excluding hydrogens is 433 g/mol. The van der Waals surface area contributed by atoms with Gasteiger partial charge < -0.3 is 9.15 Å². The minimum absolute atomic E-state index is 0.175. The summed E-state index contributed by atoms with van der Waals surface area (Å²) in [6, 6.07) is 11.0. The molecule has 1 saturated heterocycles. The summed E-state index contributed by atoms with van der Waals surface area (Å²) in [6.45, 7) is 0. The van der Waals surface area contributed by atoms with Gasteiger partial charge in [0.2, 0.25) is 0 Å². The highest BCUT2D eigenvalue weighted by Gasteiger charge is 2.35. The van der Waals surface area contributed by atoms with E-state index in [0.717, 1.165) is 3.77 Å². The smallest absolute Gasteiger partial charge is 0.271 e. The van der Waals surface area contributed by atoms with Gasteiger partial charge in [-0.15, -0.1) is 0 Å². The third-order valence-electron chi connectivity index (χ3n) is 2.99. The molecule has 1 fully saturated rings. The van der Waals surface area contributed by atoms with Gasteiger partial charge in [0.05, 0.1) is 17.7 Å². The lowest BCUT2D eigenvalue weighted by molar-refractivity contribution is -0.113. The van der Waals surface area contributed by atoms with E-state index in [4.69, 9.17) is 21.4 Å². The Hall–Kier alpha value is -1.32. The summed E-state index contributed by atoms with van der Waals surface area (Å²) in [6.07, 6.45) is 1.71. The van der Waals surface area contributed by atoms with Crippen molar-refractivity contribution < 1.29 is 13.9 Å².